The van der Waals surface area contributed by atoms with Gasteiger partial charge in [-0.2, -0.15) is 5.10 Å². The highest BCUT2D eigenvalue weighted by atomic mass is 15.3. The Kier molecular flexibility index (Phi) is 4.45. The third kappa shape index (κ3) is 2.78. The van der Waals surface area contributed by atoms with Gasteiger partial charge < -0.3 is 5.32 Å². The molecule has 0 aliphatic heterocycles. The Morgan fingerprint density at radius 2 is 2.00 bits per heavy atom. The van der Waals surface area contributed by atoms with E-state index in [1.807, 2.05) is 0 Å². The van der Waals surface area contributed by atoms with Crippen molar-refractivity contribution in [3.8, 4) is 0 Å². The molecule has 1 aromatic heterocycles. The van der Waals surface area contributed by atoms with Crippen LogP contribution in [0.2, 0.25) is 0 Å². The Labute approximate surface area is 123 Å². The smallest absolute Gasteiger partial charge is 0.0537 e. The van der Waals surface area contributed by atoms with E-state index in [0.717, 1.165) is 37.3 Å². The molecule has 2 saturated carbocycles. The summed E-state index contributed by atoms with van der Waals surface area (Å²) in [5.74, 6) is 2.86. The molecule has 112 valence electrons. The van der Waals surface area contributed by atoms with Crippen LogP contribution in [0.25, 0.3) is 0 Å². The second-order valence-corrected chi connectivity index (χ2v) is 6.66. The minimum atomic E-state index is 0.550. The topological polar surface area (TPSA) is 29.9 Å². The van der Waals surface area contributed by atoms with E-state index in [2.05, 4.69) is 41.3 Å². The Balaban J connectivity index is 1.71. The molecule has 2 fully saturated rings. The van der Waals surface area contributed by atoms with Crippen LogP contribution in [0.1, 0.15) is 64.0 Å². The van der Waals surface area contributed by atoms with Crippen molar-refractivity contribution in [2.75, 3.05) is 6.54 Å². The van der Waals surface area contributed by atoms with Gasteiger partial charge in [0.05, 0.1) is 6.20 Å². The molecule has 3 heteroatoms. The van der Waals surface area contributed by atoms with Gasteiger partial charge in [-0.05, 0) is 50.0 Å². The Morgan fingerprint density at radius 3 is 2.65 bits per heavy atom. The monoisotopic (exact) mass is 275 g/mol. The molecule has 3 nitrogen and oxygen atoms in total. The van der Waals surface area contributed by atoms with Gasteiger partial charge in [-0.15, -0.1) is 0 Å². The van der Waals surface area contributed by atoms with Crippen molar-refractivity contribution in [3.05, 3.63) is 18.0 Å². The quantitative estimate of drug-likeness (QED) is 0.821. The number of hydrogen-bond acceptors (Lipinski definition) is 2. The van der Waals surface area contributed by atoms with Crippen LogP contribution in [0.4, 0.5) is 0 Å². The summed E-state index contributed by atoms with van der Waals surface area (Å²) < 4.78 is 2.11. The lowest BCUT2D eigenvalue weighted by molar-refractivity contribution is 0.445. The number of fused-ring (bicyclic) bond motifs is 1. The molecule has 1 N–H and O–H groups in total. The van der Waals surface area contributed by atoms with E-state index < -0.39 is 0 Å². The maximum atomic E-state index is 4.54. The van der Waals surface area contributed by atoms with E-state index in [9.17, 15) is 0 Å². The molecule has 0 radical (unpaired) electrons. The summed E-state index contributed by atoms with van der Waals surface area (Å²) >= 11 is 0. The molecule has 0 aromatic carbocycles. The van der Waals surface area contributed by atoms with Crippen molar-refractivity contribution in [2.45, 2.75) is 65.0 Å². The van der Waals surface area contributed by atoms with Crippen molar-refractivity contribution < 1.29 is 0 Å². The summed E-state index contributed by atoms with van der Waals surface area (Å²) in [6.45, 7) is 6.63. The highest BCUT2D eigenvalue weighted by Crippen LogP contribution is 2.60. The van der Waals surface area contributed by atoms with E-state index >= 15 is 0 Å². The third-order valence-corrected chi connectivity index (χ3v) is 5.19. The van der Waals surface area contributed by atoms with E-state index in [4.69, 9.17) is 0 Å². The predicted molar refractivity (Wildman–Crippen MR) is 82.5 cm³/mol. The highest BCUT2D eigenvalue weighted by molar-refractivity contribution is 5.18. The lowest BCUT2D eigenvalue weighted by Gasteiger charge is -2.17. The molecule has 3 atom stereocenters. The number of nitrogens with zero attached hydrogens (tertiary/aromatic N) is 2. The predicted octanol–water partition coefficient (Wildman–Crippen LogP) is 3.77. The molecule has 2 aliphatic carbocycles. The molecule has 3 unspecified atom stereocenters. The van der Waals surface area contributed by atoms with Crippen LogP contribution >= 0.6 is 0 Å². The van der Waals surface area contributed by atoms with Gasteiger partial charge in [0.1, 0.15) is 0 Å². The Morgan fingerprint density at radius 1 is 1.25 bits per heavy atom. The first-order chi connectivity index (χ1) is 9.85. The zero-order valence-electron chi connectivity index (χ0n) is 13.0. The second kappa shape index (κ2) is 6.30. The summed E-state index contributed by atoms with van der Waals surface area (Å²) in [4.78, 5) is 0. The molecule has 0 amide bonds. The van der Waals surface area contributed by atoms with E-state index in [-0.39, 0.29) is 0 Å². The highest BCUT2D eigenvalue weighted by Gasteiger charge is 2.54. The fraction of sp³-hybridized carbons (Fsp3) is 0.824. The number of aromatic nitrogens is 2. The van der Waals surface area contributed by atoms with Crippen LogP contribution in [-0.4, -0.2) is 16.3 Å². The number of hydrogen-bond donors (Lipinski definition) is 1. The largest absolute Gasteiger partial charge is 0.310 e. The second-order valence-electron chi connectivity index (χ2n) is 6.66. The molecule has 20 heavy (non-hydrogen) atoms. The van der Waals surface area contributed by atoms with Crippen LogP contribution in [0.5, 0.6) is 0 Å². The SMILES string of the molecule is CCCNC(c1cnn(CCC)c1)C1C2CCCCC21. The number of aryl methyl sites for hydroxylation is 1. The van der Waals surface area contributed by atoms with Crippen molar-refractivity contribution in [1.82, 2.24) is 15.1 Å². The van der Waals surface area contributed by atoms with E-state index in [0.29, 0.717) is 6.04 Å². The van der Waals surface area contributed by atoms with Gasteiger partial charge >= 0.3 is 0 Å². The van der Waals surface area contributed by atoms with Crippen LogP contribution in [0.15, 0.2) is 12.4 Å². The van der Waals surface area contributed by atoms with Crippen molar-refractivity contribution >= 4 is 0 Å². The fourth-order valence-electron chi connectivity index (χ4n) is 4.21. The van der Waals surface area contributed by atoms with Crippen molar-refractivity contribution in [1.29, 1.82) is 0 Å². The summed E-state index contributed by atoms with van der Waals surface area (Å²) in [5, 5.41) is 8.35. The molecule has 2 aliphatic rings. The third-order valence-electron chi connectivity index (χ3n) is 5.19. The summed E-state index contributed by atoms with van der Waals surface area (Å²) in [7, 11) is 0. The molecule has 0 spiro atoms. The normalized spacial score (nSPS) is 30.0. The zero-order chi connectivity index (χ0) is 13.9. The van der Waals surface area contributed by atoms with E-state index in [1.54, 1.807) is 0 Å². The molecular formula is C17H29N3. The van der Waals surface area contributed by atoms with Crippen LogP contribution < -0.4 is 5.32 Å². The maximum absolute atomic E-state index is 4.54. The lowest BCUT2D eigenvalue weighted by Crippen LogP contribution is -2.24. The Bertz CT molecular complexity index is 414. The molecular weight excluding hydrogens is 246 g/mol. The van der Waals surface area contributed by atoms with Gasteiger partial charge in [-0.1, -0.05) is 26.7 Å². The van der Waals surface area contributed by atoms with Gasteiger partial charge in [0.2, 0.25) is 0 Å². The van der Waals surface area contributed by atoms with Crippen LogP contribution in [0, 0.1) is 17.8 Å². The van der Waals surface area contributed by atoms with Crippen molar-refractivity contribution in [3.63, 3.8) is 0 Å². The van der Waals surface area contributed by atoms with Gasteiger partial charge in [0.15, 0.2) is 0 Å². The van der Waals surface area contributed by atoms with Gasteiger partial charge in [-0.25, -0.2) is 0 Å². The molecule has 3 rings (SSSR count). The van der Waals surface area contributed by atoms with E-state index in [1.165, 1.54) is 37.7 Å². The van der Waals surface area contributed by atoms with Crippen molar-refractivity contribution in [2.24, 2.45) is 17.8 Å². The summed E-state index contributed by atoms with van der Waals surface area (Å²) in [5.41, 5.74) is 1.42. The first-order valence-corrected chi connectivity index (χ1v) is 8.60. The standard InChI is InChI=1S/C17H29N3/c1-3-9-18-17(13-11-19-20(12-13)10-4-2)16-14-7-5-6-8-15(14)16/h11-12,14-18H,3-10H2,1-2H3. The molecule has 1 aromatic rings. The minimum Gasteiger partial charge on any atom is -0.310 e. The molecule has 1 heterocycles. The minimum absolute atomic E-state index is 0.550. The van der Waals surface area contributed by atoms with Gasteiger partial charge in [0, 0.05) is 24.3 Å². The average Bonchev–Trinajstić information content (AvgIpc) is 3.00. The molecule has 0 bridgehead atoms. The summed E-state index contributed by atoms with van der Waals surface area (Å²) in [6.07, 6.45) is 12.6. The molecule has 0 saturated heterocycles. The van der Waals surface area contributed by atoms with Gasteiger partial charge in [-0.3, -0.25) is 4.68 Å². The summed E-state index contributed by atoms with van der Waals surface area (Å²) in [6, 6.07) is 0.550. The van der Waals surface area contributed by atoms with Gasteiger partial charge in [0.25, 0.3) is 0 Å². The first kappa shape index (κ1) is 14.1. The Hall–Kier alpha value is -0.830. The lowest BCUT2D eigenvalue weighted by atomic mass is 10.0. The number of rotatable bonds is 7. The fourth-order valence-corrected chi connectivity index (χ4v) is 4.21. The number of nitrogens with one attached hydrogen (secondary N) is 1. The van der Waals surface area contributed by atoms with Crippen LogP contribution in [0.3, 0.4) is 0 Å². The first-order valence-electron chi connectivity index (χ1n) is 8.60. The average molecular weight is 275 g/mol. The maximum Gasteiger partial charge on any atom is 0.0537 e. The van der Waals surface area contributed by atoms with Crippen LogP contribution in [-0.2, 0) is 6.54 Å². The zero-order valence-corrected chi connectivity index (χ0v) is 13.0.